The third-order valence-electron chi connectivity index (χ3n) is 5.38. The van der Waals surface area contributed by atoms with Gasteiger partial charge in [0.25, 0.3) is 11.5 Å². The second-order valence-corrected chi connectivity index (χ2v) is 8.53. The Morgan fingerprint density at radius 2 is 1.88 bits per heavy atom. The first kappa shape index (κ1) is 22.5. The topological polar surface area (TPSA) is 73.7 Å². The van der Waals surface area contributed by atoms with Crippen molar-refractivity contribution in [2.24, 2.45) is 7.05 Å². The van der Waals surface area contributed by atoms with Gasteiger partial charge in [0.05, 0.1) is 12.5 Å². The zero-order valence-corrected chi connectivity index (χ0v) is 19.6. The molecular formula is C25H25N3O4S. The maximum Gasteiger partial charge on any atom is 0.275 e. The summed E-state index contributed by atoms with van der Waals surface area (Å²) in [5.41, 5.74) is 0.935. The molecule has 4 rings (SSSR count). The fourth-order valence-electron chi connectivity index (χ4n) is 3.63. The van der Waals surface area contributed by atoms with Crippen molar-refractivity contribution in [2.75, 3.05) is 13.7 Å². The molecule has 0 N–H and O–H groups in total. The summed E-state index contributed by atoms with van der Waals surface area (Å²) >= 11 is 1.64. The van der Waals surface area contributed by atoms with Crippen molar-refractivity contribution in [1.82, 2.24) is 14.7 Å². The Morgan fingerprint density at radius 3 is 2.58 bits per heavy atom. The number of amides is 1. The summed E-state index contributed by atoms with van der Waals surface area (Å²) in [5, 5.41) is 7.32. The third-order valence-corrected chi connectivity index (χ3v) is 6.23. The Bertz CT molecular complexity index is 1330. The molecule has 0 fully saturated rings. The molecule has 0 aliphatic heterocycles. The van der Waals surface area contributed by atoms with E-state index in [0.717, 1.165) is 10.4 Å². The Morgan fingerprint density at radius 1 is 1.09 bits per heavy atom. The highest BCUT2D eigenvalue weighted by Crippen LogP contribution is 2.30. The van der Waals surface area contributed by atoms with Gasteiger partial charge in [-0.2, -0.15) is 5.10 Å². The Hall–Kier alpha value is -3.65. The minimum absolute atomic E-state index is 0.229. The lowest BCUT2D eigenvalue weighted by atomic mass is 10.1. The monoisotopic (exact) mass is 463 g/mol. The maximum absolute atomic E-state index is 13.4. The van der Waals surface area contributed by atoms with Crippen molar-refractivity contribution < 1.29 is 14.3 Å². The summed E-state index contributed by atoms with van der Waals surface area (Å²) in [5.74, 6) is 1.02. The van der Waals surface area contributed by atoms with E-state index in [9.17, 15) is 9.59 Å². The Balaban J connectivity index is 1.58. The molecule has 0 spiro atoms. The van der Waals surface area contributed by atoms with E-state index in [1.54, 1.807) is 54.7 Å². The van der Waals surface area contributed by atoms with E-state index < -0.39 is 0 Å². The van der Waals surface area contributed by atoms with E-state index in [4.69, 9.17) is 9.47 Å². The maximum atomic E-state index is 13.4. The van der Waals surface area contributed by atoms with Crippen LogP contribution >= 0.6 is 11.3 Å². The molecule has 0 bridgehead atoms. The van der Waals surface area contributed by atoms with Crippen LogP contribution in [0.15, 0.2) is 64.8 Å². The van der Waals surface area contributed by atoms with Crippen molar-refractivity contribution in [3.8, 4) is 11.5 Å². The van der Waals surface area contributed by atoms with Crippen LogP contribution in [0.4, 0.5) is 0 Å². The SMILES string of the molecule is CCN(Cc1ccc(OCc2cccs2)c(OC)c1)C(=O)c1nn(C)c(=O)c2ccccc12. The van der Waals surface area contributed by atoms with Crippen LogP contribution in [0.1, 0.15) is 27.9 Å². The molecule has 1 amide bonds. The van der Waals surface area contributed by atoms with E-state index in [-0.39, 0.29) is 17.2 Å². The number of aromatic nitrogens is 2. The van der Waals surface area contributed by atoms with Crippen molar-refractivity contribution in [2.45, 2.75) is 20.1 Å². The van der Waals surface area contributed by atoms with Crippen LogP contribution in [-0.2, 0) is 20.2 Å². The summed E-state index contributed by atoms with van der Waals surface area (Å²) in [6, 6.07) is 16.7. The number of rotatable bonds is 8. The number of nitrogens with zero attached hydrogens (tertiary/aromatic N) is 3. The van der Waals surface area contributed by atoms with Gasteiger partial charge in [-0.25, -0.2) is 4.68 Å². The fourth-order valence-corrected chi connectivity index (χ4v) is 4.24. The number of methoxy groups -OCH3 is 1. The normalized spacial score (nSPS) is 10.9. The molecule has 0 saturated heterocycles. The summed E-state index contributed by atoms with van der Waals surface area (Å²) in [7, 11) is 3.15. The number of fused-ring (bicyclic) bond motifs is 1. The first-order valence-electron chi connectivity index (χ1n) is 10.6. The number of carbonyl (C=O) groups is 1. The molecule has 2 aromatic carbocycles. The van der Waals surface area contributed by atoms with E-state index in [0.29, 0.717) is 42.0 Å². The average Bonchev–Trinajstić information content (AvgIpc) is 3.37. The molecule has 0 radical (unpaired) electrons. The third kappa shape index (κ3) is 4.75. The summed E-state index contributed by atoms with van der Waals surface area (Å²) < 4.78 is 12.7. The highest BCUT2D eigenvalue weighted by atomic mass is 32.1. The zero-order valence-electron chi connectivity index (χ0n) is 18.8. The quantitative estimate of drug-likeness (QED) is 0.391. The van der Waals surface area contributed by atoms with Crippen LogP contribution in [0.25, 0.3) is 10.8 Å². The van der Waals surface area contributed by atoms with Crippen molar-refractivity contribution in [1.29, 1.82) is 0 Å². The van der Waals surface area contributed by atoms with Crippen LogP contribution in [0, 0.1) is 0 Å². The van der Waals surface area contributed by atoms with Crippen LogP contribution in [0.5, 0.6) is 11.5 Å². The number of aryl methyl sites for hydroxylation is 1. The van der Waals surface area contributed by atoms with Gasteiger partial charge in [-0.1, -0.05) is 30.3 Å². The number of benzene rings is 2. The Labute approximate surface area is 195 Å². The lowest BCUT2D eigenvalue weighted by Gasteiger charge is -2.22. The molecule has 0 unspecified atom stereocenters. The van der Waals surface area contributed by atoms with Gasteiger partial charge in [0.15, 0.2) is 17.2 Å². The molecule has 8 heteroatoms. The van der Waals surface area contributed by atoms with E-state index >= 15 is 0 Å². The number of hydrogen-bond acceptors (Lipinski definition) is 6. The number of carbonyl (C=O) groups excluding carboxylic acids is 1. The summed E-state index contributed by atoms with van der Waals surface area (Å²) in [6.45, 7) is 3.24. The van der Waals surface area contributed by atoms with Crippen LogP contribution in [0.2, 0.25) is 0 Å². The van der Waals surface area contributed by atoms with Gasteiger partial charge in [-0.15, -0.1) is 11.3 Å². The van der Waals surface area contributed by atoms with Gasteiger partial charge >= 0.3 is 0 Å². The minimum Gasteiger partial charge on any atom is -0.493 e. The zero-order chi connectivity index (χ0) is 23.4. The number of hydrogen-bond donors (Lipinski definition) is 0. The van der Waals surface area contributed by atoms with Crippen LogP contribution < -0.4 is 15.0 Å². The van der Waals surface area contributed by atoms with Gasteiger partial charge in [0, 0.05) is 30.4 Å². The molecule has 2 heterocycles. The minimum atomic E-state index is -0.235. The second-order valence-electron chi connectivity index (χ2n) is 7.50. The Kier molecular flexibility index (Phi) is 6.74. The average molecular weight is 464 g/mol. The van der Waals surface area contributed by atoms with Crippen molar-refractivity contribution in [3.63, 3.8) is 0 Å². The first-order chi connectivity index (χ1) is 16.0. The number of ether oxygens (including phenoxy) is 2. The van der Waals surface area contributed by atoms with Gasteiger partial charge in [-0.3, -0.25) is 9.59 Å². The molecule has 7 nitrogen and oxygen atoms in total. The van der Waals surface area contributed by atoms with E-state index in [1.807, 2.05) is 42.6 Å². The molecule has 170 valence electrons. The summed E-state index contributed by atoms with van der Waals surface area (Å²) in [4.78, 5) is 28.6. The molecule has 2 aromatic heterocycles. The van der Waals surface area contributed by atoms with Gasteiger partial charge in [0.2, 0.25) is 0 Å². The highest BCUT2D eigenvalue weighted by Gasteiger charge is 2.21. The fraction of sp³-hybridized carbons (Fsp3) is 0.240. The summed E-state index contributed by atoms with van der Waals surface area (Å²) in [6.07, 6.45) is 0. The lowest BCUT2D eigenvalue weighted by molar-refractivity contribution is 0.0746. The molecule has 0 atom stereocenters. The number of thiophene rings is 1. The molecule has 0 aliphatic rings. The van der Waals surface area contributed by atoms with E-state index in [2.05, 4.69) is 5.10 Å². The second kappa shape index (κ2) is 9.87. The molecule has 0 aliphatic carbocycles. The van der Waals surface area contributed by atoms with Crippen LogP contribution in [-0.4, -0.2) is 34.2 Å². The first-order valence-corrected chi connectivity index (χ1v) is 11.5. The van der Waals surface area contributed by atoms with Crippen molar-refractivity contribution in [3.05, 3.63) is 86.5 Å². The predicted octanol–water partition coefficient (Wildman–Crippen LogP) is 4.24. The standard InChI is InChI=1S/C25H25N3O4S/c1-4-28(25(30)23-19-9-5-6-10-20(19)24(29)27(2)26-23)15-17-11-12-21(22(14-17)31-3)32-16-18-8-7-13-33-18/h5-14H,4,15-16H2,1-3H3. The molecule has 33 heavy (non-hydrogen) atoms. The van der Waals surface area contributed by atoms with Gasteiger partial charge in [0.1, 0.15) is 6.61 Å². The van der Waals surface area contributed by atoms with Gasteiger partial charge < -0.3 is 14.4 Å². The lowest BCUT2D eigenvalue weighted by Crippen LogP contribution is -2.33. The molecule has 4 aromatic rings. The smallest absolute Gasteiger partial charge is 0.275 e. The molecule has 0 saturated carbocycles. The largest absolute Gasteiger partial charge is 0.493 e. The highest BCUT2D eigenvalue weighted by molar-refractivity contribution is 7.09. The van der Waals surface area contributed by atoms with Crippen molar-refractivity contribution >= 4 is 28.0 Å². The van der Waals surface area contributed by atoms with Gasteiger partial charge in [-0.05, 0) is 42.1 Å². The molecular weight excluding hydrogens is 438 g/mol. The van der Waals surface area contributed by atoms with Crippen LogP contribution in [0.3, 0.4) is 0 Å². The van der Waals surface area contributed by atoms with E-state index in [1.165, 1.54) is 4.68 Å². The predicted molar refractivity (Wildman–Crippen MR) is 129 cm³/mol.